The monoisotopic (exact) mass is 339 g/mol. The number of halogens is 2. The molecule has 3 nitrogen and oxygen atoms in total. The summed E-state index contributed by atoms with van der Waals surface area (Å²) in [6, 6.07) is 0. The van der Waals surface area contributed by atoms with E-state index in [-0.39, 0.29) is 9.33 Å². The number of alkyl carbamates (subject to hydrolysis) is 1. The number of amides is 1. The standard InChI is InChI=1S/C10H15Br2NO2/c1-15-9(14)13-5-4-6-2-3-7-8(6)10(7,11)12/h6-8H,2-5H2,1H3,(H,13,14). The molecule has 3 atom stereocenters. The third-order valence-corrected chi connectivity index (χ3v) is 5.82. The van der Waals surface area contributed by atoms with Gasteiger partial charge in [0.15, 0.2) is 0 Å². The normalized spacial score (nSPS) is 35.8. The van der Waals surface area contributed by atoms with Crippen molar-refractivity contribution in [3.63, 3.8) is 0 Å². The summed E-state index contributed by atoms with van der Waals surface area (Å²) in [4.78, 5) is 10.9. The summed E-state index contributed by atoms with van der Waals surface area (Å²) < 4.78 is 4.73. The third-order valence-electron chi connectivity index (χ3n) is 3.59. The smallest absolute Gasteiger partial charge is 0.406 e. The van der Waals surface area contributed by atoms with Crippen LogP contribution < -0.4 is 5.32 Å². The Bertz CT molecular complexity index is 270. The second-order valence-electron chi connectivity index (χ2n) is 4.35. The summed E-state index contributed by atoms with van der Waals surface area (Å²) in [7, 11) is 1.39. The van der Waals surface area contributed by atoms with Crippen molar-refractivity contribution in [2.24, 2.45) is 17.8 Å². The zero-order valence-corrected chi connectivity index (χ0v) is 11.8. The van der Waals surface area contributed by atoms with E-state index in [0.29, 0.717) is 0 Å². The lowest BCUT2D eigenvalue weighted by Gasteiger charge is -2.15. The maximum Gasteiger partial charge on any atom is 0.406 e. The van der Waals surface area contributed by atoms with Crippen molar-refractivity contribution in [3.8, 4) is 0 Å². The lowest BCUT2D eigenvalue weighted by atomic mass is 10.00. The van der Waals surface area contributed by atoms with E-state index < -0.39 is 0 Å². The molecule has 2 saturated carbocycles. The largest absolute Gasteiger partial charge is 0.453 e. The average molecular weight is 341 g/mol. The third kappa shape index (κ3) is 2.18. The molecule has 2 rings (SSSR count). The summed E-state index contributed by atoms with van der Waals surface area (Å²) in [5.41, 5.74) is 0. The number of ether oxygens (including phenoxy) is 1. The number of nitrogens with one attached hydrogen (secondary N) is 1. The van der Waals surface area contributed by atoms with Gasteiger partial charge in [-0.15, -0.1) is 0 Å². The van der Waals surface area contributed by atoms with Crippen LogP contribution in [0, 0.1) is 17.8 Å². The molecule has 0 heterocycles. The summed E-state index contributed by atoms with van der Waals surface area (Å²) >= 11 is 7.42. The fourth-order valence-electron chi connectivity index (χ4n) is 2.76. The quantitative estimate of drug-likeness (QED) is 0.802. The first-order chi connectivity index (χ1) is 7.07. The molecule has 0 radical (unpaired) electrons. The van der Waals surface area contributed by atoms with Crippen LogP contribution in [0.15, 0.2) is 0 Å². The van der Waals surface area contributed by atoms with Gasteiger partial charge >= 0.3 is 6.09 Å². The average Bonchev–Trinajstić information content (AvgIpc) is 2.61. The van der Waals surface area contributed by atoms with Crippen molar-refractivity contribution in [2.75, 3.05) is 13.7 Å². The van der Waals surface area contributed by atoms with Gasteiger partial charge in [0, 0.05) is 6.54 Å². The lowest BCUT2D eigenvalue weighted by molar-refractivity contribution is 0.170. The van der Waals surface area contributed by atoms with Crippen LogP contribution in [0.25, 0.3) is 0 Å². The van der Waals surface area contributed by atoms with Crippen molar-refractivity contribution < 1.29 is 9.53 Å². The van der Waals surface area contributed by atoms with Gasteiger partial charge < -0.3 is 10.1 Å². The molecule has 0 aromatic rings. The maximum atomic E-state index is 10.9. The fourth-order valence-corrected chi connectivity index (χ4v) is 4.91. The van der Waals surface area contributed by atoms with Gasteiger partial charge in [0.2, 0.25) is 0 Å². The molecule has 86 valence electrons. The van der Waals surface area contributed by atoms with E-state index in [0.717, 1.165) is 30.7 Å². The number of hydrogen-bond acceptors (Lipinski definition) is 2. The molecule has 2 fully saturated rings. The second-order valence-corrected chi connectivity index (χ2v) is 8.04. The minimum Gasteiger partial charge on any atom is -0.453 e. The first kappa shape index (κ1) is 11.7. The molecule has 2 aliphatic rings. The molecule has 3 unspecified atom stereocenters. The summed E-state index contributed by atoms with van der Waals surface area (Å²) in [6.45, 7) is 0.719. The molecule has 2 aliphatic carbocycles. The number of rotatable bonds is 3. The Balaban J connectivity index is 1.71. The van der Waals surface area contributed by atoms with Crippen LogP contribution in [0.5, 0.6) is 0 Å². The van der Waals surface area contributed by atoms with Crippen molar-refractivity contribution in [3.05, 3.63) is 0 Å². The zero-order chi connectivity index (χ0) is 11.1. The Morgan fingerprint density at radius 2 is 2.27 bits per heavy atom. The summed E-state index contributed by atoms with van der Waals surface area (Å²) in [5, 5.41) is 2.73. The highest BCUT2D eigenvalue weighted by Crippen LogP contribution is 2.71. The molecule has 0 aromatic carbocycles. The number of carbonyl (C=O) groups excluding carboxylic acids is 1. The van der Waals surface area contributed by atoms with Crippen molar-refractivity contribution in [1.29, 1.82) is 0 Å². The summed E-state index contributed by atoms with van der Waals surface area (Å²) in [5.74, 6) is 2.27. The van der Waals surface area contributed by atoms with Crippen LogP contribution in [0.1, 0.15) is 19.3 Å². The molecule has 0 spiro atoms. The fraction of sp³-hybridized carbons (Fsp3) is 0.900. The van der Waals surface area contributed by atoms with Gasteiger partial charge in [-0.25, -0.2) is 4.79 Å². The molecule has 0 aliphatic heterocycles. The lowest BCUT2D eigenvalue weighted by Crippen LogP contribution is -2.26. The predicted molar refractivity (Wildman–Crippen MR) is 65.3 cm³/mol. The molecule has 1 amide bonds. The van der Waals surface area contributed by atoms with E-state index in [1.54, 1.807) is 0 Å². The van der Waals surface area contributed by atoms with E-state index in [2.05, 4.69) is 41.9 Å². The molecular formula is C10H15Br2NO2. The van der Waals surface area contributed by atoms with Crippen LogP contribution in [0.2, 0.25) is 0 Å². The number of fused-ring (bicyclic) bond motifs is 1. The minimum absolute atomic E-state index is 0.203. The van der Waals surface area contributed by atoms with Gasteiger partial charge in [-0.2, -0.15) is 0 Å². The van der Waals surface area contributed by atoms with Crippen LogP contribution in [-0.2, 0) is 4.74 Å². The van der Waals surface area contributed by atoms with E-state index in [9.17, 15) is 4.79 Å². The van der Waals surface area contributed by atoms with E-state index in [1.165, 1.54) is 20.0 Å². The van der Waals surface area contributed by atoms with Crippen LogP contribution in [0.4, 0.5) is 4.79 Å². The number of alkyl halides is 2. The zero-order valence-electron chi connectivity index (χ0n) is 8.63. The highest BCUT2D eigenvalue weighted by Gasteiger charge is 2.66. The maximum absolute atomic E-state index is 10.9. The van der Waals surface area contributed by atoms with Crippen LogP contribution in [-0.4, -0.2) is 23.0 Å². The molecule has 5 heteroatoms. The van der Waals surface area contributed by atoms with Gasteiger partial charge in [0.25, 0.3) is 0 Å². The van der Waals surface area contributed by atoms with Crippen LogP contribution in [0.3, 0.4) is 0 Å². The Morgan fingerprint density at radius 1 is 1.53 bits per heavy atom. The first-order valence-electron chi connectivity index (χ1n) is 5.27. The molecule has 0 saturated heterocycles. The highest BCUT2D eigenvalue weighted by atomic mass is 79.9. The SMILES string of the molecule is COC(=O)NCCC1CCC2C1C2(Br)Br. The Labute approximate surface area is 107 Å². The Kier molecular flexibility index (Phi) is 3.31. The second kappa shape index (κ2) is 4.24. The van der Waals surface area contributed by atoms with Gasteiger partial charge in [-0.05, 0) is 37.0 Å². The molecule has 0 bridgehead atoms. The number of carbonyl (C=O) groups is 1. The Hall–Kier alpha value is 0.230. The van der Waals surface area contributed by atoms with Gasteiger partial charge in [-0.3, -0.25) is 0 Å². The van der Waals surface area contributed by atoms with Crippen molar-refractivity contribution in [2.45, 2.75) is 22.5 Å². The van der Waals surface area contributed by atoms with Crippen LogP contribution >= 0.6 is 31.9 Å². The topological polar surface area (TPSA) is 38.3 Å². The minimum atomic E-state index is -0.329. The van der Waals surface area contributed by atoms with Gasteiger partial charge in [0.05, 0.1) is 10.3 Å². The number of hydrogen-bond donors (Lipinski definition) is 1. The van der Waals surface area contributed by atoms with Crippen molar-refractivity contribution in [1.82, 2.24) is 5.32 Å². The van der Waals surface area contributed by atoms with Gasteiger partial charge in [0.1, 0.15) is 0 Å². The predicted octanol–water partition coefficient (Wildman–Crippen LogP) is 2.87. The van der Waals surface area contributed by atoms with Gasteiger partial charge in [-0.1, -0.05) is 31.9 Å². The van der Waals surface area contributed by atoms with Crippen molar-refractivity contribution >= 4 is 38.0 Å². The molecule has 0 aromatic heterocycles. The Morgan fingerprint density at radius 3 is 2.80 bits per heavy atom. The van der Waals surface area contributed by atoms with E-state index >= 15 is 0 Å². The first-order valence-corrected chi connectivity index (χ1v) is 6.85. The summed E-state index contributed by atoms with van der Waals surface area (Å²) in [6.07, 6.45) is 3.31. The molecular weight excluding hydrogens is 326 g/mol. The molecule has 1 N–H and O–H groups in total. The number of methoxy groups -OCH3 is 1. The highest BCUT2D eigenvalue weighted by molar-refractivity contribution is 9.25. The van der Waals surface area contributed by atoms with E-state index in [1.807, 2.05) is 0 Å². The van der Waals surface area contributed by atoms with E-state index in [4.69, 9.17) is 0 Å². The molecule has 15 heavy (non-hydrogen) atoms.